The van der Waals surface area contributed by atoms with E-state index in [0.29, 0.717) is 6.42 Å². The second-order valence-electron chi connectivity index (χ2n) is 5.20. The molecule has 1 heterocycles. The maximum Gasteiger partial charge on any atom is 0.224 e. The van der Waals surface area contributed by atoms with Crippen LogP contribution in [0.25, 0.3) is 0 Å². The number of aryl methyl sites for hydroxylation is 2. The molecule has 3 heteroatoms. The summed E-state index contributed by atoms with van der Waals surface area (Å²) in [5.74, 6) is 0.109. The molecular formula is C17H18N2O. The number of amides is 1. The van der Waals surface area contributed by atoms with Gasteiger partial charge in [0.2, 0.25) is 5.91 Å². The standard InChI is InChI=1S/C17H18N2O/c1-12-4-2-3-5-14(12)11-18-15-7-8-16-13(10-15)6-9-17(20)19-16/h2-5,7-8,10,18H,6,9,11H2,1H3,(H,19,20). The molecule has 2 aromatic carbocycles. The third-order valence-electron chi connectivity index (χ3n) is 3.74. The molecule has 0 unspecified atom stereocenters. The molecule has 0 spiro atoms. The average Bonchev–Trinajstić information content (AvgIpc) is 2.46. The Hall–Kier alpha value is -2.29. The minimum atomic E-state index is 0.109. The Morgan fingerprint density at radius 2 is 2.00 bits per heavy atom. The molecule has 1 aliphatic rings. The van der Waals surface area contributed by atoms with E-state index >= 15 is 0 Å². The summed E-state index contributed by atoms with van der Waals surface area (Å²) >= 11 is 0. The quantitative estimate of drug-likeness (QED) is 0.892. The number of carbonyl (C=O) groups is 1. The van der Waals surface area contributed by atoms with E-state index in [1.165, 1.54) is 16.7 Å². The van der Waals surface area contributed by atoms with Gasteiger partial charge in [-0.2, -0.15) is 0 Å². The van der Waals surface area contributed by atoms with Crippen molar-refractivity contribution >= 4 is 17.3 Å². The van der Waals surface area contributed by atoms with Gasteiger partial charge in [0.15, 0.2) is 0 Å². The summed E-state index contributed by atoms with van der Waals surface area (Å²) < 4.78 is 0. The Balaban J connectivity index is 1.73. The number of nitrogens with one attached hydrogen (secondary N) is 2. The number of hydrogen-bond acceptors (Lipinski definition) is 2. The molecular weight excluding hydrogens is 248 g/mol. The van der Waals surface area contributed by atoms with Gasteiger partial charge >= 0.3 is 0 Å². The highest BCUT2D eigenvalue weighted by Gasteiger charge is 2.14. The van der Waals surface area contributed by atoms with Crippen molar-refractivity contribution in [1.82, 2.24) is 0 Å². The van der Waals surface area contributed by atoms with Crippen LogP contribution in [0.2, 0.25) is 0 Å². The zero-order chi connectivity index (χ0) is 13.9. The summed E-state index contributed by atoms with van der Waals surface area (Å²) in [6, 6.07) is 14.5. The molecule has 0 aromatic heterocycles. The molecule has 2 aromatic rings. The number of carbonyl (C=O) groups excluding carboxylic acids is 1. The van der Waals surface area contributed by atoms with E-state index in [1.54, 1.807) is 0 Å². The average molecular weight is 266 g/mol. The van der Waals surface area contributed by atoms with E-state index in [4.69, 9.17) is 0 Å². The molecule has 20 heavy (non-hydrogen) atoms. The van der Waals surface area contributed by atoms with Gasteiger partial charge in [0.25, 0.3) is 0 Å². The van der Waals surface area contributed by atoms with Crippen LogP contribution in [0.3, 0.4) is 0 Å². The second kappa shape index (κ2) is 5.37. The number of fused-ring (bicyclic) bond motifs is 1. The van der Waals surface area contributed by atoms with E-state index in [0.717, 1.165) is 24.3 Å². The smallest absolute Gasteiger partial charge is 0.224 e. The van der Waals surface area contributed by atoms with Crippen LogP contribution in [-0.2, 0) is 17.8 Å². The van der Waals surface area contributed by atoms with Crippen LogP contribution in [0, 0.1) is 6.92 Å². The van der Waals surface area contributed by atoms with Crippen molar-refractivity contribution in [3.8, 4) is 0 Å². The lowest BCUT2D eigenvalue weighted by Gasteiger charge is -2.18. The van der Waals surface area contributed by atoms with Crippen LogP contribution in [-0.4, -0.2) is 5.91 Å². The molecule has 0 saturated heterocycles. The molecule has 0 bridgehead atoms. The van der Waals surface area contributed by atoms with Gasteiger partial charge in [-0.25, -0.2) is 0 Å². The number of benzene rings is 2. The first-order valence-electron chi connectivity index (χ1n) is 6.93. The minimum absolute atomic E-state index is 0.109. The molecule has 3 nitrogen and oxygen atoms in total. The van der Waals surface area contributed by atoms with Crippen LogP contribution >= 0.6 is 0 Å². The predicted octanol–water partition coefficient (Wildman–Crippen LogP) is 3.49. The summed E-state index contributed by atoms with van der Waals surface area (Å²) in [4.78, 5) is 11.3. The molecule has 2 N–H and O–H groups in total. The first-order valence-corrected chi connectivity index (χ1v) is 6.93. The maximum atomic E-state index is 11.3. The highest BCUT2D eigenvalue weighted by Crippen LogP contribution is 2.26. The zero-order valence-corrected chi connectivity index (χ0v) is 11.6. The Morgan fingerprint density at radius 3 is 2.85 bits per heavy atom. The fourth-order valence-corrected chi connectivity index (χ4v) is 2.50. The van der Waals surface area contributed by atoms with E-state index < -0.39 is 0 Å². The Bertz CT molecular complexity index is 649. The highest BCUT2D eigenvalue weighted by atomic mass is 16.1. The summed E-state index contributed by atoms with van der Waals surface area (Å²) in [6.07, 6.45) is 1.40. The normalized spacial score (nSPS) is 13.6. The van der Waals surface area contributed by atoms with E-state index in [9.17, 15) is 4.79 Å². The van der Waals surface area contributed by atoms with Gasteiger partial charge in [0.1, 0.15) is 0 Å². The lowest BCUT2D eigenvalue weighted by atomic mass is 10.0. The van der Waals surface area contributed by atoms with Crippen molar-refractivity contribution < 1.29 is 4.79 Å². The van der Waals surface area contributed by atoms with Crippen LogP contribution in [0.4, 0.5) is 11.4 Å². The fraction of sp³-hybridized carbons (Fsp3) is 0.235. The molecule has 0 aliphatic carbocycles. The maximum absolute atomic E-state index is 11.3. The molecule has 1 amide bonds. The summed E-state index contributed by atoms with van der Waals surface area (Å²) in [5, 5.41) is 6.35. The van der Waals surface area contributed by atoms with Crippen LogP contribution in [0.5, 0.6) is 0 Å². The molecule has 0 fully saturated rings. The summed E-state index contributed by atoms with van der Waals surface area (Å²) in [6.45, 7) is 2.94. The highest BCUT2D eigenvalue weighted by molar-refractivity contribution is 5.94. The third-order valence-corrected chi connectivity index (χ3v) is 3.74. The van der Waals surface area contributed by atoms with E-state index in [-0.39, 0.29) is 5.91 Å². The minimum Gasteiger partial charge on any atom is -0.381 e. The largest absolute Gasteiger partial charge is 0.381 e. The summed E-state index contributed by atoms with van der Waals surface area (Å²) in [5.41, 5.74) is 5.86. The Labute approximate surface area is 119 Å². The number of anilines is 2. The number of hydrogen-bond donors (Lipinski definition) is 2. The monoisotopic (exact) mass is 266 g/mol. The molecule has 0 saturated carbocycles. The zero-order valence-electron chi connectivity index (χ0n) is 11.6. The lowest BCUT2D eigenvalue weighted by molar-refractivity contribution is -0.116. The number of rotatable bonds is 3. The lowest BCUT2D eigenvalue weighted by Crippen LogP contribution is -2.19. The first kappa shape index (κ1) is 12.7. The van der Waals surface area contributed by atoms with Gasteiger partial charge in [-0.1, -0.05) is 24.3 Å². The molecule has 102 valence electrons. The first-order chi connectivity index (χ1) is 9.72. The van der Waals surface area contributed by atoms with Crippen molar-refractivity contribution in [3.63, 3.8) is 0 Å². The van der Waals surface area contributed by atoms with Crippen molar-refractivity contribution in [2.75, 3.05) is 10.6 Å². The van der Waals surface area contributed by atoms with Gasteiger partial charge in [-0.3, -0.25) is 4.79 Å². The SMILES string of the molecule is Cc1ccccc1CNc1ccc2c(c1)CCC(=O)N2. The molecule has 1 aliphatic heterocycles. The summed E-state index contributed by atoms with van der Waals surface area (Å²) in [7, 11) is 0. The van der Waals surface area contributed by atoms with Crippen LogP contribution < -0.4 is 10.6 Å². The third kappa shape index (κ3) is 2.67. The topological polar surface area (TPSA) is 41.1 Å². The van der Waals surface area contributed by atoms with E-state index in [1.807, 2.05) is 12.1 Å². The van der Waals surface area contributed by atoms with Gasteiger partial charge in [0, 0.05) is 24.3 Å². The van der Waals surface area contributed by atoms with Gasteiger partial charge < -0.3 is 10.6 Å². The molecule has 0 radical (unpaired) electrons. The van der Waals surface area contributed by atoms with E-state index in [2.05, 4.69) is 47.9 Å². The van der Waals surface area contributed by atoms with Crippen molar-refractivity contribution in [2.45, 2.75) is 26.3 Å². The molecule has 0 atom stereocenters. The van der Waals surface area contributed by atoms with Gasteiger partial charge in [-0.05, 0) is 48.2 Å². The Kier molecular flexibility index (Phi) is 3.42. The Morgan fingerprint density at radius 1 is 1.15 bits per heavy atom. The molecule has 3 rings (SSSR count). The van der Waals surface area contributed by atoms with Crippen molar-refractivity contribution in [2.24, 2.45) is 0 Å². The van der Waals surface area contributed by atoms with Crippen molar-refractivity contribution in [3.05, 3.63) is 59.2 Å². The fourth-order valence-electron chi connectivity index (χ4n) is 2.50. The van der Waals surface area contributed by atoms with Gasteiger partial charge in [-0.15, -0.1) is 0 Å². The van der Waals surface area contributed by atoms with Crippen LogP contribution in [0.1, 0.15) is 23.1 Å². The van der Waals surface area contributed by atoms with Crippen molar-refractivity contribution in [1.29, 1.82) is 0 Å². The predicted molar refractivity (Wildman–Crippen MR) is 81.9 cm³/mol. The van der Waals surface area contributed by atoms with Gasteiger partial charge in [0.05, 0.1) is 0 Å². The van der Waals surface area contributed by atoms with Crippen LogP contribution in [0.15, 0.2) is 42.5 Å². The second-order valence-corrected chi connectivity index (χ2v) is 5.20.